The highest BCUT2D eigenvalue weighted by Gasteiger charge is 2.38. The molecule has 1 aromatic heterocycles. The molecule has 0 atom stereocenters. The van der Waals surface area contributed by atoms with Gasteiger partial charge in [0.2, 0.25) is 0 Å². The number of halogens is 6. The molecule has 0 fully saturated rings. The Morgan fingerprint density at radius 3 is 1.90 bits per heavy atom. The van der Waals surface area contributed by atoms with Crippen LogP contribution in [0.3, 0.4) is 0 Å². The van der Waals surface area contributed by atoms with Crippen LogP contribution in [0.4, 0.5) is 26.3 Å². The van der Waals surface area contributed by atoms with Crippen LogP contribution < -0.4 is 0 Å². The third-order valence-corrected chi connectivity index (χ3v) is 4.48. The van der Waals surface area contributed by atoms with Gasteiger partial charge in [-0.1, -0.05) is 30.3 Å². The first-order valence-corrected chi connectivity index (χ1v) is 9.11. The maximum atomic E-state index is 13.2. The van der Waals surface area contributed by atoms with Crippen LogP contribution in [0, 0.1) is 6.92 Å². The van der Waals surface area contributed by atoms with E-state index in [1.807, 2.05) is 0 Å². The molecule has 0 aliphatic carbocycles. The van der Waals surface area contributed by atoms with Gasteiger partial charge in [0.25, 0.3) is 5.91 Å². The molecule has 0 N–H and O–H groups in total. The summed E-state index contributed by atoms with van der Waals surface area (Å²) in [6, 6.07) is 12.7. The Balaban J connectivity index is 2.03. The largest absolute Gasteiger partial charge is 0.464 e. The fourth-order valence-corrected chi connectivity index (χ4v) is 3.02. The van der Waals surface area contributed by atoms with Gasteiger partial charge in [-0.3, -0.25) is 4.79 Å². The van der Waals surface area contributed by atoms with E-state index >= 15 is 0 Å². The first-order chi connectivity index (χ1) is 14.4. The Morgan fingerprint density at radius 2 is 1.42 bits per heavy atom. The second-order valence-electron chi connectivity index (χ2n) is 6.95. The Hall–Kier alpha value is -3.23. The fraction of sp³-hybridized carbons (Fsp3) is 0.227. The fourth-order valence-electron chi connectivity index (χ4n) is 3.02. The molecule has 0 unspecified atom stereocenters. The van der Waals surface area contributed by atoms with E-state index in [-0.39, 0.29) is 19.2 Å². The zero-order valence-electron chi connectivity index (χ0n) is 16.2. The molecular weight excluding hydrogens is 424 g/mol. The summed E-state index contributed by atoms with van der Waals surface area (Å²) in [5, 5.41) is 0. The van der Waals surface area contributed by atoms with Crippen molar-refractivity contribution in [2.75, 3.05) is 0 Å². The molecular formula is C22H17F6NO2. The standard InChI is InChI=1S/C22H17F6NO2/c1-14-7-8-19(31-14)13-29(12-15-5-3-2-4-6-15)20(30)16-9-17(21(23,24)25)11-18(10-16)22(26,27)28/h2-11H,12-13H2,1H3. The number of hydrogen-bond acceptors (Lipinski definition) is 2. The smallest absolute Gasteiger partial charge is 0.416 e. The lowest BCUT2D eigenvalue weighted by atomic mass is 10.0. The zero-order chi connectivity index (χ0) is 22.8. The highest BCUT2D eigenvalue weighted by Crippen LogP contribution is 2.36. The van der Waals surface area contributed by atoms with E-state index < -0.39 is 35.0 Å². The lowest BCUT2D eigenvalue weighted by Gasteiger charge is -2.23. The van der Waals surface area contributed by atoms with Gasteiger partial charge in [0.15, 0.2) is 0 Å². The van der Waals surface area contributed by atoms with Gasteiger partial charge in [0, 0.05) is 12.1 Å². The van der Waals surface area contributed by atoms with Crippen molar-refractivity contribution in [1.82, 2.24) is 4.90 Å². The number of rotatable bonds is 5. The Labute approximate surface area is 173 Å². The Morgan fingerprint density at radius 1 is 0.839 bits per heavy atom. The normalized spacial score (nSPS) is 12.1. The molecule has 3 rings (SSSR count). The van der Waals surface area contributed by atoms with Crippen LogP contribution in [0.2, 0.25) is 0 Å². The van der Waals surface area contributed by atoms with Crippen LogP contribution in [0.25, 0.3) is 0 Å². The topological polar surface area (TPSA) is 33.5 Å². The van der Waals surface area contributed by atoms with Crippen molar-refractivity contribution in [2.24, 2.45) is 0 Å². The molecule has 2 aromatic carbocycles. The molecule has 0 saturated carbocycles. The quantitative estimate of drug-likeness (QED) is 0.426. The minimum absolute atomic E-state index is 0.00575. The van der Waals surface area contributed by atoms with Gasteiger partial charge in [-0.15, -0.1) is 0 Å². The van der Waals surface area contributed by atoms with Gasteiger partial charge in [-0.05, 0) is 42.8 Å². The maximum Gasteiger partial charge on any atom is 0.416 e. The van der Waals surface area contributed by atoms with Crippen LogP contribution in [-0.4, -0.2) is 10.8 Å². The number of hydrogen-bond donors (Lipinski definition) is 0. The van der Waals surface area contributed by atoms with Crippen molar-refractivity contribution in [3.63, 3.8) is 0 Å². The molecule has 1 amide bonds. The van der Waals surface area contributed by atoms with Crippen molar-refractivity contribution in [1.29, 1.82) is 0 Å². The van der Waals surface area contributed by atoms with Gasteiger partial charge in [-0.2, -0.15) is 26.3 Å². The highest BCUT2D eigenvalue weighted by atomic mass is 19.4. The molecule has 1 heterocycles. The number of carbonyl (C=O) groups excluding carboxylic acids is 1. The van der Waals surface area contributed by atoms with Crippen LogP contribution in [-0.2, 0) is 25.4 Å². The van der Waals surface area contributed by atoms with Crippen molar-refractivity contribution in [2.45, 2.75) is 32.4 Å². The molecule has 3 nitrogen and oxygen atoms in total. The Bertz CT molecular complexity index is 1020. The van der Waals surface area contributed by atoms with Crippen LogP contribution in [0.15, 0.2) is 65.1 Å². The van der Waals surface area contributed by atoms with E-state index in [4.69, 9.17) is 4.42 Å². The van der Waals surface area contributed by atoms with E-state index in [1.54, 1.807) is 49.4 Å². The number of carbonyl (C=O) groups is 1. The average Bonchev–Trinajstić information content (AvgIpc) is 3.11. The molecule has 0 bridgehead atoms. The summed E-state index contributed by atoms with van der Waals surface area (Å²) in [5.74, 6) is -0.0696. The van der Waals surface area contributed by atoms with Crippen molar-refractivity contribution in [3.8, 4) is 0 Å². The van der Waals surface area contributed by atoms with Crippen LogP contribution >= 0.6 is 0 Å². The number of furan rings is 1. The minimum Gasteiger partial charge on any atom is -0.464 e. The van der Waals surface area contributed by atoms with E-state index in [2.05, 4.69) is 0 Å². The molecule has 31 heavy (non-hydrogen) atoms. The molecule has 0 aliphatic rings. The number of aryl methyl sites for hydroxylation is 1. The molecule has 0 radical (unpaired) electrons. The number of alkyl halides is 6. The molecule has 3 aromatic rings. The zero-order valence-corrected chi connectivity index (χ0v) is 16.2. The van der Waals surface area contributed by atoms with Gasteiger partial charge in [0.05, 0.1) is 17.7 Å². The summed E-state index contributed by atoms with van der Waals surface area (Å²) in [7, 11) is 0. The van der Waals surface area contributed by atoms with Crippen molar-refractivity contribution < 1.29 is 35.6 Å². The highest BCUT2D eigenvalue weighted by molar-refractivity contribution is 5.94. The summed E-state index contributed by atoms with van der Waals surface area (Å²) >= 11 is 0. The van der Waals surface area contributed by atoms with Crippen molar-refractivity contribution in [3.05, 3.63) is 94.4 Å². The first-order valence-electron chi connectivity index (χ1n) is 9.11. The molecule has 9 heteroatoms. The molecule has 0 aliphatic heterocycles. The van der Waals surface area contributed by atoms with E-state index in [0.29, 0.717) is 29.2 Å². The van der Waals surface area contributed by atoms with Crippen LogP contribution in [0.1, 0.15) is 38.6 Å². The third kappa shape index (κ3) is 5.68. The SMILES string of the molecule is Cc1ccc(CN(Cc2ccccc2)C(=O)c2cc(C(F)(F)F)cc(C(F)(F)F)c2)o1. The average molecular weight is 441 g/mol. The van der Waals surface area contributed by atoms with Gasteiger partial charge in [0.1, 0.15) is 11.5 Å². The second kappa shape index (κ2) is 8.49. The maximum absolute atomic E-state index is 13.2. The second-order valence-corrected chi connectivity index (χ2v) is 6.95. The third-order valence-electron chi connectivity index (χ3n) is 4.48. The minimum atomic E-state index is -5.04. The number of benzene rings is 2. The lowest BCUT2D eigenvalue weighted by molar-refractivity contribution is -0.143. The van der Waals surface area contributed by atoms with Crippen molar-refractivity contribution >= 4 is 5.91 Å². The number of amides is 1. The predicted molar refractivity (Wildman–Crippen MR) is 99.9 cm³/mol. The van der Waals surface area contributed by atoms with Gasteiger partial charge >= 0.3 is 12.4 Å². The summed E-state index contributed by atoms with van der Waals surface area (Å²) in [6.45, 7) is 1.52. The predicted octanol–water partition coefficient (Wildman–Crippen LogP) is 6.47. The monoisotopic (exact) mass is 441 g/mol. The lowest BCUT2D eigenvalue weighted by Crippen LogP contribution is -2.30. The van der Waals surface area contributed by atoms with Gasteiger partial charge in [-0.25, -0.2) is 0 Å². The first kappa shape index (κ1) is 22.5. The summed E-state index contributed by atoms with van der Waals surface area (Å²) < 4.78 is 84.6. The molecule has 164 valence electrons. The Kier molecular flexibility index (Phi) is 6.15. The van der Waals surface area contributed by atoms with E-state index in [1.165, 1.54) is 0 Å². The van der Waals surface area contributed by atoms with Gasteiger partial charge < -0.3 is 9.32 Å². The van der Waals surface area contributed by atoms with E-state index in [9.17, 15) is 31.1 Å². The molecule has 0 spiro atoms. The van der Waals surface area contributed by atoms with Crippen LogP contribution in [0.5, 0.6) is 0 Å². The number of nitrogens with zero attached hydrogens (tertiary/aromatic N) is 1. The van der Waals surface area contributed by atoms with E-state index in [0.717, 1.165) is 4.90 Å². The summed E-state index contributed by atoms with van der Waals surface area (Å²) in [6.07, 6.45) is -10.1. The summed E-state index contributed by atoms with van der Waals surface area (Å²) in [5.41, 5.74) is -3.14. The summed E-state index contributed by atoms with van der Waals surface area (Å²) in [4.78, 5) is 14.2. The molecule has 0 saturated heterocycles.